The topological polar surface area (TPSA) is 75.6 Å². The fraction of sp³-hybridized carbons (Fsp3) is 0.176. The van der Waals surface area contributed by atoms with Gasteiger partial charge in [0, 0.05) is 5.69 Å². The predicted octanol–water partition coefficient (Wildman–Crippen LogP) is 2.83. The van der Waals surface area contributed by atoms with Crippen molar-refractivity contribution < 1.29 is 19.4 Å². The first-order chi connectivity index (χ1) is 10.5. The molecule has 0 saturated heterocycles. The van der Waals surface area contributed by atoms with Gasteiger partial charge in [0.2, 0.25) is 5.78 Å². The molecule has 0 radical (unpaired) electrons. The molecule has 5 heteroatoms. The van der Waals surface area contributed by atoms with Gasteiger partial charge in [-0.15, -0.1) is 0 Å². The number of hydrogen-bond acceptors (Lipinski definition) is 4. The number of anilines is 1. The molecule has 2 rings (SSSR count). The summed E-state index contributed by atoms with van der Waals surface area (Å²) in [5.74, 6) is -1.48. The standard InChI is InChI=1S/C17H17NO4/c1-17(16(20)21,18-12-8-4-3-5-9-12)15(19)13-10-6-7-11-14(13)22-2/h3-11,18H,1-2H3,(H,20,21). The number of para-hydroxylation sites is 2. The number of ether oxygens (including phenoxy) is 1. The molecule has 0 heterocycles. The van der Waals surface area contributed by atoms with Crippen molar-refractivity contribution in [3.05, 3.63) is 60.2 Å². The van der Waals surface area contributed by atoms with Crippen molar-refractivity contribution >= 4 is 17.4 Å². The van der Waals surface area contributed by atoms with Gasteiger partial charge < -0.3 is 15.2 Å². The second-order valence-electron chi connectivity index (χ2n) is 4.95. The van der Waals surface area contributed by atoms with Crippen molar-refractivity contribution in [2.75, 3.05) is 12.4 Å². The molecule has 0 aliphatic heterocycles. The highest BCUT2D eigenvalue weighted by Crippen LogP contribution is 2.26. The molecule has 5 nitrogen and oxygen atoms in total. The van der Waals surface area contributed by atoms with Crippen LogP contribution in [0.5, 0.6) is 5.75 Å². The highest BCUT2D eigenvalue weighted by atomic mass is 16.5. The normalized spacial score (nSPS) is 13.0. The molecule has 0 bridgehead atoms. The van der Waals surface area contributed by atoms with E-state index in [0.29, 0.717) is 11.4 Å². The smallest absolute Gasteiger partial charge is 0.337 e. The molecule has 2 aromatic rings. The lowest BCUT2D eigenvalue weighted by Gasteiger charge is -2.26. The minimum absolute atomic E-state index is 0.221. The van der Waals surface area contributed by atoms with Crippen LogP contribution in [0.25, 0.3) is 0 Å². The SMILES string of the molecule is COc1ccccc1C(=O)C(C)(Nc1ccccc1)C(=O)O. The molecule has 0 saturated carbocycles. The first-order valence-electron chi connectivity index (χ1n) is 6.73. The fourth-order valence-electron chi connectivity index (χ4n) is 2.12. The molecule has 0 aromatic heterocycles. The molecule has 22 heavy (non-hydrogen) atoms. The second-order valence-corrected chi connectivity index (χ2v) is 4.95. The molecule has 2 aromatic carbocycles. The Balaban J connectivity index is 2.42. The van der Waals surface area contributed by atoms with E-state index in [-0.39, 0.29) is 5.56 Å². The summed E-state index contributed by atoms with van der Waals surface area (Å²) in [5, 5.41) is 12.4. The van der Waals surface area contributed by atoms with Gasteiger partial charge in [0.1, 0.15) is 5.75 Å². The first-order valence-corrected chi connectivity index (χ1v) is 6.73. The number of benzene rings is 2. The summed E-state index contributed by atoms with van der Waals surface area (Å²) in [7, 11) is 1.44. The van der Waals surface area contributed by atoms with Gasteiger partial charge in [-0.25, -0.2) is 4.79 Å². The van der Waals surface area contributed by atoms with Gasteiger partial charge in [0.05, 0.1) is 12.7 Å². The molecular formula is C17H17NO4. The van der Waals surface area contributed by atoms with Gasteiger partial charge in [0.25, 0.3) is 0 Å². The zero-order valence-electron chi connectivity index (χ0n) is 12.4. The number of carbonyl (C=O) groups is 2. The van der Waals surface area contributed by atoms with E-state index in [4.69, 9.17) is 4.74 Å². The second kappa shape index (κ2) is 6.30. The number of hydrogen-bond donors (Lipinski definition) is 2. The maximum atomic E-state index is 12.8. The van der Waals surface area contributed by atoms with Crippen molar-refractivity contribution in [2.24, 2.45) is 0 Å². The number of rotatable bonds is 6. The summed E-state index contributed by atoms with van der Waals surface area (Å²) in [6.45, 7) is 1.34. The third-order valence-corrected chi connectivity index (χ3v) is 3.40. The minimum atomic E-state index is -1.80. The third-order valence-electron chi connectivity index (χ3n) is 3.40. The quantitative estimate of drug-likeness (QED) is 0.633. The Labute approximate surface area is 128 Å². The summed E-state index contributed by atoms with van der Waals surface area (Å²) >= 11 is 0. The lowest BCUT2D eigenvalue weighted by molar-refractivity contribution is -0.139. The Hall–Kier alpha value is -2.82. The number of methoxy groups -OCH3 is 1. The average Bonchev–Trinajstić information content (AvgIpc) is 2.54. The van der Waals surface area contributed by atoms with Gasteiger partial charge in [-0.2, -0.15) is 0 Å². The Morgan fingerprint density at radius 3 is 2.23 bits per heavy atom. The summed E-state index contributed by atoms with van der Waals surface area (Å²) in [6.07, 6.45) is 0. The molecule has 0 spiro atoms. The molecule has 2 N–H and O–H groups in total. The van der Waals surface area contributed by atoms with Gasteiger partial charge in [-0.3, -0.25) is 4.79 Å². The minimum Gasteiger partial charge on any atom is -0.496 e. The fourth-order valence-corrected chi connectivity index (χ4v) is 2.12. The van der Waals surface area contributed by atoms with Crippen LogP contribution in [-0.2, 0) is 4.79 Å². The predicted molar refractivity (Wildman–Crippen MR) is 83.4 cm³/mol. The van der Waals surface area contributed by atoms with E-state index in [1.54, 1.807) is 48.5 Å². The first kappa shape index (κ1) is 15.6. The zero-order chi connectivity index (χ0) is 16.2. The van der Waals surface area contributed by atoms with Gasteiger partial charge in [-0.05, 0) is 31.2 Å². The van der Waals surface area contributed by atoms with Crippen LogP contribution >= 0.6 is 0 Å². The number of Topliss-reactive ketones (excluding diaryl/α,β-unsaturated/α-hetero) is 1. The van der Waals surface area contributed by atoms with E-state index in [1.165, 1.54) is 14.0 Å². The van der Waals surface area contributed by atoms with Crippen LogP contribution in [0, 0.1) is 0 Å². The molecule has 0 aliphatic rings. The largest absolute Gasteiger partial charge is 0.496 e. The van der Waals surface area contributed by atoms with Crippen LogP contribution in [0.15, 0.2) is 54.6 Å². The number of carboxylic acids is 1. The van der Waals surface area contributed by atoms with Crippen LogP contribution in [0.4, 0.5) is 5.69 Å². The Morgan fingerprint density at radius 2 is 1.64 bits per heavy atom. The summed E-state index contributed by atoms with van der Waals surface area (Å²) < 4.78 is 5.15. The van der Waals surface area contributed by atoms with Crippen molar-refractivity contribution in [1.82, 2.24) is 0 Å². The molecule has 0 fully saturated rings. The Bertz CT molecular complexity index is 684. The van der Waals surface area contributed by atoms with Crippen LogP contribution in [-0.4, -0.2) is 29.5 Å². The maximum Gasteiger partial charge on any atom is 0.337 e. The van der Waals surface area contributed by atoms with Crippen molar-refractivity contribution in [2.45, 2.75) is 12.5 Å². The van der Waals surface area contributed by atoms with Crippen molar-refractivity contribution in [1.29, 1.82) is 0 Å². The third kappa shape index (κ3) is 2.93. The number of aliphatic carboxylic acids is 1. The van der Waals surface area contributed by atoms with Crippen LogP contribution in [0.3, 0.4) is 0 Å². The number of ketones is 1. The molecule has 0 amide bonds. The summed E-state index contributed by atoms with van der Waals surface area (Å²) in [4.78, 5) is 24.5. The molecular weight excluding hydrogens is 282 g/mol. The van der Waals surface area contributed by atoms with E-state index >= 15 is 0 Å². The molecule has 1 atom stereocenters. The van der Waals surface area contributed by atoms with E-state index in [0.717, 1.165) is 0 Å². The van der Waals surface area contributed by atoms with Crippen LogP contribution < -0.4 is 10.1 Å². The highest BCUT2D eigenvalue weighted by molar-refractivity contribution is 6.18. The van der Waals surface area contributed by atoms with Gasteiger partial charge in [0.15, 0.2) is 5.54 Å². The van der Waals surface area contributed by atoms with E-state index in [2.05, 4.69) is 5.32 Å². The summed E-state index contributed by atoms with van der Waals surface area (Å²) in [6, 6.07) is 15.3. The summed E-state index contributed by atoms with van der Waals surface area (Å²) in [5.41, 5.74) is -1.02. The van der Waals surface area contributed by atoms with E-state index in [1.807, 2.05) is 6.07 Å². The number of carbonyl (C=O) groups excluding carboxylic acids is 1. The van der Waals surface area contributed by atoms with E-state index in [9.17, 15) is 14.7 Å². The average molecular weight is 299 g/mol. The highest BCUT2D eigenvalue weighted by Gasteiger charge is 2.42. The Kier molecular flexibility index (Phi) is 4.46. The van der Waals surface area contributed by atoms with Crippen LogP contribution in [0.1, 0.15) is 17.3 Å². The van der Waals surface area contributed by atoms with Crippen molar-refractivity contribution in [3.63, 3.8) is 0 Å². The maximum absolute atomic E-state index is 12.8. The lowest BCUT2D eigenvalue weighted by atomic mass is 9.90. The Morgan fingerprint density at radius 1 is 1.05 bits per heavy atom. The van der Waals surface area contributed by atoms with Gasteiger partial charge in [-0.1, -0.05) is 30.3 Å². The lowest BCUT2D eigenvalue weighted by Crippen LogP contribution is -2.50. The number of carboxylic acid groups (broad SMARTS) is 1. The number of nitrogens with one attached hydrogen (secondary N) is 1. The zero-order valence-corrected chi connectivity index (χ0v) is 12.4. The monoisotopic (exact) mass is 299 g/mol. The van der Waals surface area contributed by atoms with Crippen molar-refractivity contribution in [3.8, 4) is 5.75 Å². The molecule has 0 aliphatic carbocycles. The van der Waals surface area contributed by atoms with Crippen LogP contribution in [0.2, 0.25) is 0 Å². The van der Waals surface area contributed by atoms with E-state index < -0.39 is 17.3 Å². The van der Waals surface area contributed by atoms with Gasteiger partial charge >= 0.3 is 5.97 Å². The molecule has 114 valence electrons. The molecule has 1 unspecified atom stereocenters.